The van der Waals surface area contributed by atoms with Crippen LogP contribution in [0.25, 0.3) is 0 Å². The minimum atomic E-state index is -0.750. The minimum absolute atomic E-state index is 0.200. The average molecular weight is 473 g/mol. The number of benzene rings is 1. The third-order valence-electron chi connectivity index (χ3n) is 8.29. The van der Waals surface area contributed by atoms with Crippen LogP contribution in [0.15, 0.2) is 18.2 Å². The lowest BCUT2D eigenvalue weighted by Crippen LogP contribution is -2.43. The maximum Gasteiger partial charge on any atom is 0.320 e. The number of hydrogen-bond donors (Lipinski definition) is 4. The summed E-state index contributed by atoms with van der Waals surface area (Å²) in [7, 11) is 0. The van der Waals surface area contributed by atoms with Crippen molar-refractivity contribution >= 4 is 11.9 Å². The van der Waals surface area contributed by atoms with E-state index in [1.54, 1.807) is 5.48 Å². The number of carboxylic acid groups (broad SMARTS) is 1. The molecule has 0 aromatic heterocycles. The number of carbonyl (C=O) groups is 2. The van der Waals surface area contributed by atoms with E-state index in [4.69, 9.17) is 5.21 Å². The van der Waals surface area contributed by atoms with Crippen molar-refractivity contribution in [2.75, 3.05) is 0 Å². The molecule has 0 unspecified atom stereocenters. The quantitative estimate of drug-likeness (QED) is 0.269. The maximum atomic E-state index is 12.0. The number of rotatable bonds is 10. The van der Waals surface area contributed by atoms with Gasteiger partial charge in [0.2, 0.25) is 5.91 Å². The highest BCUT2D eigenvalue weighted by molar-refractivity contribution is 5.75. The predicted molar refractivity (Wildman–Crippen MR) is 134 cm³/mol. The lowest BCUT2D eigenvalue weighted by molar-refractivity contribution is -0.141. The fourth-order valence-corrected chi connectivity index (χ4v) is 6.34. The number of aliphatic carboxylic acids is 1. The Morgan fingerprint density at radius 1 is 1.09 bits per heavy atom. The minimum Gasteiger partial charge on any atom is -0.480 e. The molecule has 6 nitrogen and oxygen atoms in total. The van der Waals surface area contributed by atoms with Gasteiger partial charge in [-0.2, -0.15) is 0 Å². The van der Waals surface area contributed by atoms with Crippen molar-refractivity contribution in [3.63, 3.8) is 0 Å². The highest BCUT2D eigenvalue weighted by Crippen LogP contribution is 2.45. The van der Waals surface area contributed by atoms with Crippen molar-refractivity contribution in [2.24, 2.45) is 23.7 Å². The summed E-state index contributed by atoms with van der Waals surface area (Å²) in [6.45, 7) is 7.47. The molecule has 4 atom stereocenters. The van der Waals surface area contributed by atoms with Crippen LogP contribution < -0.4 is 10.8 Å². The number of amides is 1. The van der Waals surface area contributed by atoms with E-state index in [1.807, 2.05) is 0 Å². The Morgan fingerprint density at radius 3 is 2.47 bits per heavy atom. The molecule has 2 aliphatic carbocycles. The Balaban J connectivity index is 1.84. The van der Waals surface area contributed by atoms with E-state index in [0.29, 0.717) is 36.6 Å². The van der Waals surface area contributed by atoms with Crippen molar-refractivity contribution < 1.29 is 19.9 Å². The summed E-state index contributed by atoms with van der Waals surface area (Å²) >= 11 is 0. The van der Waals surface area contributed by atoms with Gasteiger partial charge in [0.1, 0.15) is 6.04 Å². The second kappa shape index (κ2) is 12.7. The van der Waals surface area contributed by atoms with Crippen molar-refractivity contribution in [1.29, 1.82) is 0 Å². The first-order valence-electron chi connectivity index (χ1n) is 13.3. The molecule has 0 spiro atoms. The molecule has 0 heterocycles. The first-order chi connectivity index (χ1) is 16.3. The second-order valence-electron chi connectivity index (χ2n) is 11.1. The number of hydrogen-bond acceptors (Lipinski definition) is 4. The van der Waals surface area contributed by atoms with E-state index in [1.165, 1.54) is 30.4 Å². The van der Waals surface area contributed by atoms with E-state index < -0.39 is 12.0 Å². The number of aryl methyl sites for hydroxylation is 1. The zero-order valence-corrected chi connectivity index (χ0v) is 21.2. The standard InChI is InChI=1S/C28H44N2O4/c1-18(2)23-13-9-19(3)15-25(23)24-16-20(10-11-21(24)12-14-26(31)30-34)17-29-27(28(32)33)22-7-5-4-6-8-22/h10-11,16,18-19,22-23,25,27,29,34H,4-9,12-15,17H2,1-3H3,(H,30,31)(H,32,33)/t19-,23+,25-,27-/m0/s1. The average Bonchev–Trinajstić information content (AvgIpc) is 2.83. The van der Waals surface area contributed by atoms with Gasteiger partial charge in [-0.05, 0) is 78.4 Å². The molecule has 0 bridgehead atoms. The largest absolute Gasteiger partial charge is 0.480 e. The Kier molecular flexibility index (Phi) is 9.96. The summed E-state index contributed by atoms with van der Waals surface area (Å²) in [6, 6.07) is 5.94. The van der Waals surface area contributed by atoms with Gasteiger partial charge in [-0.25, -0.2) is 5.48 Å². The molecule has 1 amide bonds. The summed E-state index contributed by atoms with van der Waals surface area (Å²) in [6.07, 6.45) is 9.85. The van der Waals surface area contributed by atoms with Gasteiger partial charge in [-0.15, -0.1) is 0 Å². The third kappa shape index (κ3) is 7.05. The molecule has 3 rings (SSSR count). The van der Waals surface area contributed by atoms with Crippen LogP contribution >= 0.6 is 0 Å². The summed E-state index contributed by atoms with van der Waals surface area (Å²) in [5, 5.41) is 22.2. The molecule has 6 heteroatoms. The molecule has 2 saturated carbocycles. The molecule has 0 aliphatic heterocycles. The summed E-state index contributed by atoms with van der Waals surface area (Å²) < 4.78 is 0. The summed E-state index contributed by atoms with van der Waals surface area (Å²) in [5.41, 5.74) is 5.33. The molecule has 0 radical (unpaired) electrons. The Labute approximate surface area is 204 Å². The van der Waals surface area contributed by atoms with E-state index in [-0.39, 0.29) is 18.2 Å². The van der Waals surface area contributed by atoms with Gasteiger partial charge in [0.25, 0.3) is 0 Å². The lowest BCUT2D eigenvalue weighted by atomic mass is 9.66. The van der Waals surface area contributed by atoms with Crippen LogP contribution in [0.4, 0.5) is 0 Å². The molecular formula is C28H44N2O4. The molecule has 1 aromatic carbocycles. The zero-order chi connectivity index (χ0) is 24.7. The van der Waals surface area contributed by atoms with Crippen LogP contribution in [-0.2, 0) is 22.6 Å². The van der Waals surface area contributed by atoms with Crippen molar-refractivity contribution in [3.8, 4) is 0 Å². The van der Waals surface area contributed by atoms with Crippen LogP contribution in [-0.4, -0.2) is 28.2 Å². The highest BCUT2D eigenvalue weighted by atomic mass is 16.5. The van der Waals surface area contributed by atoms with E-state index in [2.05, 4.69) is 44.3 Å². The molecule has 2 fully saturated rings. The van der Waals surface area contributed by atoms with Crippen LogP contribution in [0.3, 0.4) is 0 Å². The van der Waals surface area contributed by atoms with Gasteiger partial charge in [-0.1, -0.05) is 64.7 Å². The topological polar surface area (TPSA) is 98.7 Å². The van der Waals surface area contributed by atoms with Crippen molar-refractivity contribution in [3.05, 3.63) is 34.9 Å². The monoisotopic (exact) mass is 472 g/mol. The maximum absolute atomic E-state index is 12.0. The van der Waals surface area contributed by atoms with Gasteiger partial charge in [0.05, 0.1) is 0 Å². The van der Waals surface area contributed by atoms with E-state index in [9.17, 15) is 14.7 Å². The smallest absolute Gasteiger partial charge is 0.320 e. The predicted octanol–water partition coefficient (Wildman–Crippen LogP) is 5.42. The van der Waals surface area contributed by atoms with Gasteiger partial charge in [0, 0.05) is 13.0 Å². The third-order valence-corrected chi connectivity index (χ3v) is 8.29. The second-order valence-corrected chi connectivity index (χ2v) is 11.1. The first kappa shape index (κ1) is 26.7. The highest BCUT2D eigenvalue weighted by Gasteiger charge is 2.33. The first-order valence-corrected chi connectivity index (χ1v) is 13.3. The fraction of sp³-hybridized carbons (Fsp3) is 0.714. The molecule has 1 aromatic rings. The molecular weight excluding hydrogens is 428 g/mol. The van der Waals surface area contributed by atoms with E-state index in [0.717, 1.165) is 37.7 Å². The molecule has 2 aliphatic rings. The van der Waals surface area contributed by atoms with Crippen LogP contribution in [0.1, 0.15) is 101 Å². The van der Waals surface area contributed by atoms with Gasteiger partial charge >= 0.3 is 5.97 Å². The Bertz CT molecular complexity index is 819. The number of carboxylic acids is 1. The molecule has 190 valence electrons. The Hall–Kier alpha value is -1.92. The van der Waals surface area contributed by atoms with Gasteiger partial charge in [-0.3, -0.25) is 14.8 Å². The van der Waals surface area contributed by atoms with Crippen molar-refractivity contribution in [1.82, 2.24) is 10.8 Å². The van der Waals surface area contributed by atoms with Gasteiger partial charge in [0.15, 0.2) is 0 Å². The number of hydroxylamine groups is 1. The van der Waals surface area contributed by atoms with Crippen LogP contribution in [0.5, 0.6) is 0 Å². The zero-order valence-electron chi connectivity index (χ0n) is 21.2. The molecule has 4 N–H and O–H groups in total. The van der Waals surface area contributed by atoms with Crippen LogP contribution in [0.2, 0.25) is 0 Å². The summed E-state index contributed by atoms with van der Waals surface area (Å²) in [5.74, 6) is 1.36. The normalized spacial score (nSPS) is 24.7. The molecule has 0 saturated heterocycles. The number of carbonyl (C=O) groups excluding carboxylic acids is 1. The van der Waals surface area contributed by atoms with Gasteiger partial charge < -0.3 is 10.4 Å². The summed E-state index contributed by atoms with van der Waals surface area (Å²) in [4.78, 5) is 23.7. The fourth-order valence-electron chi connectivity index (χ4n) is 6.34. The van der Waals surface area contributed by atoms with Crippen LogP contribution in [0, 0.1) is 23.7 Å². The van der Waals surface area contributed by atoms with Crippen molar-refractivity contribution in [2.45, 2.75) is 103 Å². The number of nitrogens with one attached hydrogen (secondary N) is 2. The Morgan fingerprint density at radius 2 is 1.82 bits per heavy atom. The lowest BCUT2D eigenvalue weighted by Gasteiger charge is -2.39. The van der Waals surface area contributed by atoms with E-state index >= 15 is 0 Å². The molecule has 34 heavy (non-hydrogen) atoms. The SMILES string of the molecule is CC(C)[C@H]1CC[C@H](C)C[C@@H]1c1cc(CN[C@H](C(=O)O)C2CCCCC2)ccc1CCC(=O)NO.